The summed E-state index contributed by atoms with van der Waals surface area (Å²) >= 11 is 0. The van der Waals surface area contributed by atoms with Gasteiger partial charge in [-0.05, 0) is 69.2 Å². The molecule has 0 aliphatic heterocycles. The second-order valence-electron chi connectivity index (χ2n) is 9.23. The Labute approximate surface area is 231 Å². The van der Waals surface area contributed by atoms with Crippen molar-refractivity contribution in [3.63, 3.8) is 0 Å². The first kappa shape index (κ1) is 29.7. The van der Waals surface area contributed by atoms with Crippen LogP contribution in [0.1, 0.15) is 38.3 Å². The van der Waals surface area contributed by atoms with Crippen LogP contribution in [0.15, 0.2) is 83.8 Å². The molecule has 0 fully saturated rings. The van der Waals surface area contributed by atoms with Gasteiger partial charge in [0.05, 0.1) is 17.2 Å². The number of carbonyl (C=O) groups is 2. The summed E-state index contributed by atoms with van der Waals surface area (Å²) in [5.41, 5.74) is 2.14. The van der Waals surface area contributed by atoms with Gasteiger partial charge in [-0.1, -0.05) is 55.0 Å². The van der Waals surface area contributed by atoms with Crippen LogP contribution in [-0.2, 0) is 26.2 Å². The molecule has 0 heterocycles. The molecule has 0 aliphatic rings. The largest absolute Gasteiger partial charge is 0.494 e. The lowest BCUT2D eigenvalue weighted by molar-refractivity contribution is -0.139. The minimum atomic E-state index is -4.13. The third kappa shape index (κ3) is 7.83. The van der Waals surface area contributed by atoms with E-state index in [1.54, 1.807) is 43.3 Å². The highest BCUT2D eigenvalue weighted by Crippen LogP contribution is 2.26. The Kier molecular flexibility index (Phi) is 10.5. The van der Waals surface area contributed by atoms with E-state index in [2.05, 4.69) is 5.32 Å². The van der Waals surface area contributed by atoms with Crippen molar-refractivity contribution in [2.45, 2.75) is 51.6 Å². The highest BCUT2D eigenvalue weighted by Gasteiger charge is 2.32. The highest BCUT2D eigenvalue weighted by molar-refractivity contribution is 7.92. The van der Waals surface area contributed by atoms with Crippen molar-refractivity contribution in [1.82, 2.24) is 10.2 Å². The number of nitrogens with one attached hydrogen (secondary N) is 1. The molecule has 1 N–H and O–H groups in total. The van der Waals surface area contributed by atoms with Crippen LogP contribution >= 0.6 is 0 Å². The van der Waals surface area contributed by atoms with Crippen molar-refractivity contribution in [1.29, 1.82) is 0 Å². The zero-order valence-corrected chi connectivity index (χ0v) is 23.8. The highest BCUT2D eigenvalue weighted by atomic mass is 32.2. The van der Waals surface area contributed by atoms with E-state index in [9.17, 15) is 18.0 Å². The molecular formula is C30H37N3O5S. The summed E-state index contributed by atoms with van der Waals surface area (Å²) in [7, 11) is -4.13. The second kappa shape index (κ2) is 13.8. The second-order valence-corrected chi connectivity index (χ2v) is 11.1. The zero-order chi connectivity index (χ0) is 28.4. The summed E-state index contributed by atoms with van der Waals surface area (Å²) in [6.45, 7) is 7.97. The number of aryl methyl sites for hydroxylation is 1. The zero-order valence-electron chi connectivity index (χ0n) is 23.0. The molecule has 0 aromatic heterocycles. The monoisotopic (exact) mass is 551 g/mol. The number of rotatable bonds is 13. The fourth-order valence-corrected chi connectivity index (χ4v) is 5.41. The summed E-state index contributed by atoms with van der Waals surface area (Å²) in [4.78, 5) is 28.2. The van der Waals surface area contributed by atoms with Gasteiger partial charge >= 0.3 is 0 Å². The third-order valence-corrected chi connectivity index (χ3v) is 8.02. The Balaban J connectivity index is 1.99. The molecule has 8 nitrogen and oxygen atoms in total. The first-order valence-electron chi connectivity index (χ1n) is 13.1. The number of nitrogens with zero attached hydrogens (tertiary/aromatic N) is 2. The molecule has 0 spiro atoms. The van der Waals surface area contributed by atoms with Gasteiger partial charge in [0, 0.05) is 13.1 Å². The predicted molar refractivity (Wildman–Crippen MR) is 153 cm³/mol. The molecule has 3 aromatic rings. The van der Waals surface area contributed by atoms with E-state index in [0.717, 1.165) is 21.9 Å². The van der Waals surface area contributed by atoms with E-state index in [4.69, 9.17) is 4.74 Å². The predicted octanol–water partition coefficient (Wildman–Crippen LogP) is 4.53. The Hall–Kier alpha value is -3.85. The average Bonchev–Trinajstić information content (AvgIpc) is 2.94. The van der Waals surface area contributed by atoms with Gasteiger partial charge in [-0.25, -0.2) is 8.42 Å². The maximum atomic E-state index is 13.9. The summed E-state index contributed by atoms with van der Waals surface area (Å²) in [5.74, 6) is -0.235. The van der Waals surface area contributed by atoms with Gasteiger partial charge in [0.1, 0.15) is 18.3 Å². The number of hydrogen-bond donors (Lipinski definition) is 1. The number of anilines is 1. The van der Waals surface area contributed by atoms with Gasteiger partial charge in [0.25, 0.3) is 10.0 Å². The van der Waals surface area contributed by atoms with Crippen molar-refractivity contribution in [2.24, 2.45) is 0 Å². The van der Waals surface area contributed by atoms with E-state index in [0.29, 0.717) is 24.6 Å². The van der Waals surface area contributed by atoms with Gasteiger partial charge in [-0.2, -0.15) is 0 Å². The van der Waals surface area contributed by atoms with Crippen LogP contribution < -0.4 is 14.4 Å². The Morgan fingerprint density at radius 3 is 2.15 bits per heavy atom. The lowest BCUT2D eigenvalue weighted by Crippen LogP contribution is -2.51. The van der Waals surface area contributed by atoms with E-state index < -0.39 is 28.5 Å². The minimum Gasteiger partial charge on any atom is -0.494 e. The molecule has 39 heavy (non-hydrogen) atoms. The molecular weight excluding hydrogens is 514 g/mol. The first-order chi connectivity index (χ1) is 18.7. The van der Waals surface area contributed by atoms with Crippen LogP contribution in [0, 0.1) is 6.92 Å². The van der Waals surface area contributed by atoms with Crippen LogP contribution in [0.4, 0.5) is 5.69 Å². The van der Waals surface area contributed by atoms with Gasteiger partial charge in [0.15, 0.2) is 0 Å². The maximum absolute atomic E-state index is 13.9. The SMILES string of the molecule is CCCNC(=O)C(C)N(Cc1ccccc1)C(=O)CN(c1ccc(C)cc1)S(=O)(=O)c1ccc(OCC)cc1. The molecule has 0 aliphatic carbocycles. The standard InChI is InChI=1S/C30H37N3O5S/c1-5-20-31-30(35)24(4)32(21-25-10-8-7-9-11-25)29(34)22-33(26-14-12-23(3)13-15-26)39(36,37)28-18-16-27(17-19-28)38-6-2/h7-19,24H,5-6,20-22H2,1-4H3,(H,31,35). The molecule has 1 unspecified atom stereocenters. The average molecular weight is 552 g/mol. The minimum absolute atomic E-state index is 0.0303. The van der Waals surface area contributed by atoms with Crippen LogP contribution in [0.5, 0.6) is 5.75 Å². The Morgan fingerprint density at radius 2 is 1.56 bits per heavy atom. The van der Waals surface area contributed by atoms with E-state index in [1.165, 1.54) is 17.0 Å². The van der Waals surface area contributed by atoms with Crippen LogP contribution in [0.3, 0.4) is 0 Å². The summed E-state index contributed by atoms with van der Waals surface area (Å²) in [5, 5.41) is 2.84. The van der Waals surface area contributed by atoms with Crippen LogP contribution in [-0.4, -0.2) is 50.9 Å². The summed E-state index contributed by atoms with van der Waals surface area (Å²) in [6.07, 6.45) is 0.757. The van der Waals surface area contributed by atoms with E-state index >= 15 is 0 Å². The van der Waals surface area contributed by atoms with Crippen molar-refractivity contribution in [3.8, 4) is 5.75 Å². The number of sulfonamides is 1. The number of benzene rings is 3. The number of hydrogen-bond acceptors (Lipinski definition) is 5. The Bertz CT molecular complexity index is 1330. The van der Waals surface area contributed by atoms with Crippen molar-refractivity contribution >= 4 is 27.5 Å². The fourth-order valence-electron chi connectivity index (χ4n) is 4.00. The van der Waals surface area contributed by atoms with Crippen molar-refractivity contribution in [2.75, 3.05) is 24.0 Å². The molecule has 9 heteroatoms. The molecule has 3 aromatic carbocycles. The molecule has 3 rings (SSSR count). The van der Waals surface area contributed by atoms with Crippen LogP contribution in [0.25, 0.3) is 0 Å². The van der Waals surface area contributed by atoms with Gasteiger partial charge in [-0.3, -0.25) is 13.9 Å². The summed E-state index contributed by atoms with van der Waals surface area (Å²) < 4.78 is 34.3. The lowest BCUT2D eigenvalue weighted by atomic mass is 10.1. The Morgan fingerprint density at radius 1 is 0.923 bits per heavy atom. The molecule has 2 amide bonds. The normalized spacial score (nSPS) is 11.9. The first-order valence-corrected chi connectivity index (χ1v) is 14.5. The smallest absolute Gasteiger partial charge is 0.264 e. The van der Waals surface area contributed by atoms with Crippen LogP contribution in [0.2, 0.25) is 0 Å². The lowest BCUT2D eigenvalue weighted by Gasteiger charge is -2.32. The molecule has 0 saturated carbocycles. The van der Waals surface area contributed by atoms with E-state index in [1.807, 2.05) is 51.1 Å². The third-order valence-electron chi connectivity index (χ3n) is 6.24. The molecule has 0 bridgehead atoms. The fraction of sp³-hybridized carbons (Fsp3) is 0.333. The molecule has 208 valence electrons. The quantitative estimate of drug-likeness (QED) is 0.337. The maximum Gasteiger partial charge on any atom is 0.264 e. The molecule has 0 saturated heterocycles. The van der Waals surface area contributed by atoms with Gasteiger partial charge in [-0.15, -0.1) is 0 Å². The van der Waals surface area contributed by atoms with Gasteiger partial charge < -0.3 is 15.0 Å². The number of amides is 2. The van der Waals surface area contributed by atoms with Gasteiger partial charge in [0.2, 0.25) is 11.8 Å². The van der Waals surface area contributed by atoms with Crippen molar-refractivity contribution in [3.05, 3.63) is 90.0 Å². The number of ether oxygens (including phenoxy) is 1. The summed E-state index contributed by atoms with van der Waals surface area (Å²) in [6, 6.07) is 21.6. The number of carbonyl (C=O) groups excluding carboxylic acids is 2. The van der Waals surface area contributed by atoms with Crippen molar-refractivity contribution < 1.29 is 22.7 Å². The molecule has 0 radical (unpaired) electrons. The topological polar surface area (TPSA) is 96.0 Å². The van der Waals surface area contributed by atoms with E-state index in [-0.39, 0.29) is 17.3 Å². The molecule has 1 atom stereocenters.